The van der Waals surface area contributed by atoms with Crippen molar-refractivity contribution in [2.45, 2.75) is 46.2 Å². The van der Waals surface area contributed by atoms with Gasteiger partial charge >= 0.3 is 0 Å². The number of thiophene rings is 1. The molecule has 4 rings (SSSR count). The van der Waals surface area contributed by atoms with Crippen LogP contribution < -0.4 is 10.9 Å². The third-order valence-corrected chi connectivity index (χ3v) is 5.65. The molecule has 3 aromatic rings. The van der Waals surface area contributed by atoms with E-state index in [4.69, 9.17) is 4.52 Å². The van der Waals surface area contributed by atoms with E-state index in [0.717, 1.165) is 41.7 Å². The molecule has 25 heavy (non-hydrogen) atoms. The van der Waals surface area contributed by atoms with Gasteiger partial charge in [-0.2, -0.15) is 4.98 Å². The lowest BCUT2D eigenvalue weighted by molar-refractivity contribution is 0.338. The molecule has 0 amide bonds. The molecule has 7 nitrogen and oxygen atoms in total. The molecule has 0 unspecified atom stereocenters. The van der Waals surface area contributed by atoms with Crippen molar-refractivity contribution in [2.24, 2.45) is 5.92 Å². The third kappa shape index (κ3) is 2.89. The van der Waals surface area contributed by atoms with Gasteiger partial charge in [0.25, 0.3) is 5.56 Å². The fourth-order valence-corrected chi connectivity index (χ4v) is 4.36. The molecule has 0 radical (unpaired) electrons. The van der Waals surface area contributed by atoms with Crippen LogP contribution in [0, 0.1) is 5.92 Å². The largest absolute Gasteiger partial charge is 0.337 e. The molecule has 4 heterocycles. The number of hydrogen-bond donors (Lipinski definition) is 1. The van der Waals surface area contributed by atoms with Crippen LogP contribution in [-0.4, -0.2) is 26.2 Å². The maximum Gasteiger partial charge on any atom is 0.263 e. The standard InChI is InChI=1S/C17H21N5O2S/c1-9(2)6-13-20-15(24-21-13)10(3)22-8-19-16-14(17(22)23)11-4-5-18-7-12(11)25-16/h8-10,18H,4-7H2,1-3H3/t10-/m1/s1. The first-order valence-corrected chi connectivity index (χ1v) is 9.40. The second-order valence-electron chi connectivity index (χ2n) is 6.89. The fourth-order valence-electron chi connectivity index (χ4n) is 3.21. The van der Waals surface area contributed by atoms with E-state index in [1.54, 1.807) is 22.2 Å². The second-order valence-corrected chi connectivity index (χ2v) is 7.97. The van der Waals surface area contributed by atoms with Gasteiger partial charge in [0.05, 0.1) is 11.7 Å². The molecule has 0 bridgehead atoms. The lowest BCUT2D eigenvalue weighted by atomic mass is 10.1. The average molecular weight is 359 g/mol. The molecule has 8 heteroatoms. The monoisotopic (exact) mass is 359 g/mol. The van der Waals surface area contributed by atoms with Gasteiger partial charge in [-0.05, 0) is 31.4 Å². The van der Waals surface area contributed by atoms with Crippen LogP contribution >= 0.6 is 11.3 Å². The van der Waals surface area contributed by atoms with Crippen LogP contribution in [-0.2, 0) is 19.4 Å². The van der Waals surface area contributed by atoms with Gasteiger partial charge in [0.2, 0.25) is 5.89 Å². The van der Waals surface area contributed by atoms with Crippen molar-refractivity contribution in [3.63, 3.8) is 0 Å². The average Bonchev–Trinajstić information content (AvgIpc) is 3.18. The van der Waals surface area contributed by atoms with Crippen LogP contribution in [0.15, 0.2) is 15.6 Å². The maximum atomic E-state index is 13.1. The molecule has 0 spiro atoms. The molecule has 1 aliphatic heterocycles. The van der Waals surface area contributed by atoms with E-state index in [-0.39, 0.29) is 11.6 Å². The summed E-state index contributed by atoms with van der Waals surface area (Å²) in [5.74, 6) is 1.58. The van der Waals surface area contributed by atoms with Gasteiger partial charge in [0.15, 0.2) is 5.82 Å². The van der Waals surface area contributed by atoms with Crippen LogP contribution in [0.3, 0.4) is 0 Å². The van der Waals surface area contributed by atoms with E-state index in [2.05, 4.69) is 34.3 Å². The first kappa shape index (κ1) is 16.4. The molecule has 0 aliphatic carbocycles. The van der Waals surface area contributed by atoms with Crippen molar-refractivity contribution in [2.75, 3.05) is 6.54 Å². The van der Waals surface area contributed by atoms with Crippen LogP contribution in [0.25, 0.3) is 10.2 Å². The van der Waals surface area contributed by atoms with E-state index in [1.165, 1.54) is 4.88 Å². The first-order valence-electron chi connectivity index (χ1n) is 8.59. The van der Waals surface area contributed by atoms with E-state index >= 15 is 0 Å². The SMILES string of the molecule is CC(C)Cc1noc([C@@H](C)n2cnc3sc4c(c3c2=O)CCNC4)n1. The summed E-state index contributed by atoms with van der Waals surface area (Å²) in [5.41, 5.74) is 1.12. The van der Waals surface area contributed by atoms with Gasteiger partial charge in [0.1, 0.15) is 10.9 Å². The van der Waals surface area contributed by atoms with Crippen LogP contribution in [0.2, 0.25) is 0 Å². The maximum absolute atomic E-state index is 13.1. The Labute approximate surface area is 149 Å². The zero-order valence-corrected chi connectivity index (χ0v) is 15.4. The van der Waals surface area contributed by atoms with Crippen LogP contribution in [0.4, 0.5) is 0 Å². The predicted molar refractivity (Wildman–Crippen MR) is 95.9 cm³/mol. The zero-order chi connectivity index (χ0) is 17.6. The molecule has 1 aliphatic rings. The topological polar surface area (TPSA) is 85.8 Å². The molecule has 0 saturated heterocycles. The summed E-state index contributed by atoms with van der Waals surface area (Å²) >= 11 is 1.60. The van der Waals surface area contributed by atoms with Gasteiger partial charge in [-0.25, -0.2) is 4.98 Å². The van der Waals surface area contributed by atoms with E-state index in [1.807, 2.05) is 6.92 Å². The molecule has 1 atom stereocenters. The molecular weight excluding hydrogens is 338 g/mol. The van der Waals surface area contributed by atoms with Crippen molar-refractivity contribution in [3.8, 4) is 0 Å². The second kappa shape index (κ2) is 6.34. The van der Waals surface area contributed by atoms with Gasteiger partial charge in [-0.1, -0.05) is 19.0 Å². The first-order chi connectivity index (χ1) is 12.0. The van der Waals surface area contributed by atoms with Crippen LogP contribution in [0.5, 0.6) is 0 Å². The number of aromatic nitrogens is 4. The molecule has 3 aromatic heterocycles. The minimum atomic E-state index is -0.338. The fraction of sp³-hybridized carbons (Fsp3) is 0.529. The Balaban J connectivity index is 1.74. The van der Waals surface area contributed by atoms with E-state index in [0.29, 0.717) is 17.6 Å². The normalized spacial score (nSPS) is 15.7. The Morgan fingerprint density at radius 3 is 3.04 bits per heavy atom. The van der Waals surface area contributed by atoms with E-state index < -0.39 is 0 Å². The minimum Gasteiger partial charge on any atom is -0.337 e. The minimum absolute atomic E-state index is 0.0273. The quantitative estimate of drug-likeness (QED) is 0.769. The van der Waals surface area contributed by atoms with E-state index in [9.17, 15) is 4.79 Å². The summed E-state index contributed by atoms with van der Waals surface area (Å²) in [7, 11) is 0. The van der Waals surface area contributed by atoms with Gasteiger partial charge < -0.3 is 9.84 Å². The molecule has 0 aromatic carbocycles. The number of hydrogen-bond acceptors (Lipinski definition) is 7. The highest BCUT2D eigenvalue weighted by atomic mass is 32.1. The zero-order valence-electron chi connectivity index (χ0n) is 14.6. The number of fused-ring (bicyclic) bond motifs is 3. The van der Waals surface area contributed by atoms with Gasteiger partial charge in [-0.15, -0.1) is 11.3 Å². The van der Waals surface area contributed by atoms with Crippen molar-refractivity contribution in [1.29, 1.82) is 0 Å². The summed E-state index contributed by atoms with van der Waals surface area (Å²) in [6, 6.07) is -0.338. The van der Waals surface area contributed by atoms with Crippen molar-refractivity contribution >= 4 is 21.6 Å². The summed E-state index contributed by atoms with van der Waals surface area (Å²) in [5, 5.41) is 8.12. The molecular formula is C17H21N5O2S. The number of nitrogens with zero attached hydrogens (tertiary/aromatic N) is 4. The van der Waals surface area contributed by atoms with Crippen molar-refractivity contribution in [1.82, 2.24) is 25.0 Å². The molecule has 132 valence electrons. The Hall–Kier alpha value is -2.06. The van der Waals surface area contributed by atoms with Crippen molar-refractivity contribution < 1.29 is 4.52 Å². The molecule has 0 saturated carbocycles. The highest BCUT2D eigenvalue weighted by molar-refractivity contribution is 7.18. The number of rotatable bonds is 4. The number of nitrogens with one attached hydrogen (secondary N) is 1. The third-order valence-electron chi connectivity index (χ3n) is 4.51. The van der Waals surface area contributed by atoms with Crippen molar-refractivity contribution in [3.05, 3.63) is 38.8 Å². The summed E-state index contributed by atoms with van der Waals surface area (Å²) < 4.78 is 6.99. The Morgan fingerprint density at radius 1 is 1.40 bits per heavy atom. The summed E-state index contributed by atoms with van der Waals surface area (Å²) in [6.07, 6.45) is 3.22. The lowest BCUT2D eigenvalue weighted by Gasteiger charge is -2.13. The highest BCUT2D eigenvalue weighted by Crippen LogP contribution is 2.30. The smallest absolute Gasteiger partial charge is 0.263 e. The highest BCUT2D eigenvalue weighted by Gasteiger charge is 2.23. The molecule has 0 fully saturated rings. The molecule has 1 N–H and O–H groups in total. The Bertz CT molecular complexity index is 971. The van der Waals surface area contributed by atoms with Gasteiger partial charge in [-0.3, -0.25) is 9.36 Å². The van der Waals surface area contributed by atoms with Gasteiger partial charge in [0, 0.05) is 17.8 Å². The lowest BCUT2D eigenvalue weighted by Crippen LogP contribution is -2.27. The summed E-state index contributed by atoms with van der Waals surface area (Å²) in [4.78, 5) is 24.1. The Morgan fingerprint density at radius 2 is 2.24 bits per heavy atom. The predicted octanol–water partition coefficient (Wildman–Crippen LogP) is 2.29. The Kier molecular flexibility index (Phi) is 4.16. The van der Waals surface area contributed by atoms with Crippen LogP contribution in [0.1, 0.15) is 49.0 Å². The summed E-state index contributed by atoms with van der Waals surface area (Å²) in [6.45, 7) is 7.81.